The molecule has 1 fully saturated rings. The summed E-state index contributed by atoms with van der Waals surface area (Å²) in [5.74, 6) is -0.470. The number of amides is 1. The molecule has 1 aliphatic heterocycles. The molecule has 0 radical (unpaired) electrons. The zero-order valence-electron chi connectivity index (χ0n) is 13.3. The van der Waals surface area contributed by atoms with Crippen molar-refractivity contribution in [2.45, 2.75) is 38.3 Å². The number of anilines is 1. The normalized spacial score (nSPS) is 17.5. The number of hydrogen-bond donors (Lipinski definition) is 1. The van der Waals surface area contributed by atoms with Crippen molar-refractivity contribution in [2.24, 2.45) is 0 Å². The first kappa shape index (κ1) is 17.4. The number of carbonyl (C=O) groups excluding carboxylic acids is 1. The van der Waals surface area contributed by atoms with Crippen LogP contribution in [0.5, 0.6) is 0 Å². The van der Waals surface area contributed by atoms with Gasteiger partial charge >= 0.3 is 0 Å². The molecule has 1 heterocycles. The van der Waals surface area contributed by atoms with E-state index in [2.05, 4.69) is 0 Å². The molecule has 0 aromatic heterocycles. The molecule has 0 bridgehead atoms. The van der Waals surface area contributed by atoms with Gasteiger partial charge in [0.25, 0.3) is 0 Å². The number of nitrogens with zero attached hydrogens (tertiary/aromatic N) is 3. The van der Waals surface area contributed by atoms with E-state index in [4.69, 9.17) is 5.26 Å². The van der Waals surface area contributed by atoms with Gasteiger partial charge in [-0.15, -0.1) is 0 Å². The van der Waals surface area contributed by atoms with Gasteiger partial charge in [-0.05, 0) is 44.0 Å². The van der Waals surface area contributed by atoms with Crippen LogP contribution in [0.15, 0.2) is 24.3 Å². The van der Waals surface area contributed by atoms with E-state index >= 15 is 0 Å². The minimum absolute atomic E-state index is 0.108. The van der Waals surface area contributed by atoms with Crippen LogP contribution in [0.25, 0.3) is 0 Å². The van der Waals surface area contributed by atoms with Crippen LogP contribution in [0.4, 0.5) is 10.1 Å². The number of rotatable bonds is 5. The first-order valence-corrected chi connectivity index (χ1v) is 7.89. The van der Waals surface area contributed by atoms with Gasteiger partial charge in [0.1, 0.15) is 5.82 Å². The SMILES string of the molecule is CC(C(=O)N(CCC#N)c1ccc(F)cc1)N1CCC(O)CC1. The predicted molar refractivity (Wildman–Crippen MR) is 85.3 cm³/mol. The second-order valence-electron chi connectivity index (χ2n) is 5.82. The van der Waals surface area contributed by atoms with Gasteiger partial charge in [0.2, 0.25) is 5.91 Å². The van der Waals surface area contributed by atoms with Gasteiger partial charge in [0.05, 0.1) is 24.6 Å². The van der Waals surface area contributed by atoms with E-state index in [-0.39, 0.29) is 36.8 Å². The maximum atomic E-state index is 13.1. The number of aliphatic hydroxyl groups is 1. The molecule has 1 aliphatic rings. The third-order valence-corrected chi connectivity index (χ3v) is 4.26. The molecular weight excluding hydrogens is 297 g/mol. The standard InChI is InChI=1S/C17H22FN3O2/c1-13(20-11-7-16(22)8-12-20)17(23)21(10-2-9-19)15-5-3-14(18)4-6-15/h3-6,13,16,22H,2,7-8,10-12H2,1H3. The fraction of sp³-hybridized carbons (Fsp3) is 0.529. The number of carbonyl (C=O) groups is 1. The molecule has 0 aliphatic carbocycles. The number of piperidine rings is 1. The van der Waals surface area contributed by atoms with Crippen LogP contribution in [0.3, 0.4) is 0 Å². The number of likely N-dealkylation sites (tertiary alicyclic amines) is 1. The molecule has 0 spiro atoms. The minimum atomic E-state index is -0.362. The van der Waals surface area contributed by atoms with Crippen LogP contribution >= 0.6 is 0 Å². The lowest BCUT2D eigenvalue weighted by atomic mass is 10.1. The highest BCUT2D eigenvalue weighted by Crippen LogP contribution is 2.20. The first-order valence-electron chi connectivity index (χ1n) is 7.89. The summed E-state index contributed by atoms with van der Waals surface area (Å²) in [7, 11) is 0. The third kappa shape index (κ3) is 4.50. The van der Waals surface area contributed by atoms with Gasteiger partial charge < -0.3 is 10.0 Å². The van der Waals surface area contributed by atoms with Crippen molar-refractivity contribution in [3.63, 3.8) is 0 Å². The Hall–Kier alpha value is -1.97. The fourth-order valence-corrected chi connectivity index (χ4v) is 2.80. The Bertz CT molecular complexity index is 562. The van der Waals surface area contributed by atoms with E-state index in [1.807, 2.05) is 17.9 Å². The first-order chi connectivity index (χ1) is 11.0. The van der Waals surface area contributed by atoms with E-state index < -0.39 is 0 Å². The van der Waals surface area contributed by atoms with E-state index in [0.717, 1.165) is 0 Å². The average Bonchev–Trinajstić information content (AvgIpc) is 2.56. The third-order valence-electron chi connectivity index (χ3n) is 4.26. The van der Waals surface area contributed by atoms with Crippen LogP contribution in [0.1, 0.15) is 26.2 Å². The summed E-state index contributed by atoms with van der Waals surface area (Å²) in [5, 5.41) is 18.4. The van der Waals surface area contributed by atoms with Gasteiger partial charge in [-0.1, -0.05) is 0 Å². The Morgan fingerprint density at radius 3 is 2.61 bits per heavy atom. The maximum absolute atomic E-state index is 13.1. The van der Waals surface area contributed by atoms with Crippen LogP contribution in [0.2, 0.25) is 0 Å². The molecule has 23 heavy (non-hydrogen) atoms. The topological polar surface area (TPSA) is 67.6 Å². The van der Waals surface area contributed by atoms with E-state index in [9.17, 15) is 14.3 Å². The Kier molecular flexibility index (Phi) is 6.08. The zero-order valence-corrected chi connectivity index (χ0v) is 13.3. The highest BCUT2D eigenvalue weighted by Gasteiger charge is 2.29. The lowest BCUT2D eigenvalue weighted by molar-refractivity contribution is -0.124. The Labute approximate surface area is 135 Å². The molecule has 124 valence electrons. The molecular formula is C17H22FN3O2. The van der Waals surface area contributed by atoms with Gasteiger partial charge in [0.15, 0.2) is 0 Å². The van der Waals surface area contributed by atoms with Crippen molar-refractivity contribution < 1.29 is 14.3 Å². The second-order valence-corrected chi connectivity index (χ2v) is 5.82. The van der Waals surface area contributed by atoms with Gasteiger partial charge in [-0.25, -0.2) is 4.39 Å². The number of halogens is 1. The lowest BCUT2D eigenvalue weighted by Crippen LogP contribution is -2.50. The summed E-state index contributed by atoms with van der Waals surface area (Å²) in [5.41, 5.74) is 0.593. The summed E-state index contributed by atoms with van der Waals surface area (Å²) in [6, 6.07) is 7.43. The highest BCUT2D eigenvalue weighted by atomic mass is 19.1. The summed E-state index contributed by atoms with van der Waals surface area (Å²) in [4.78, 5) is 16.4. The zero-order chi connectivity index (χ0) is 16.8. The number of nitriles is 1. The van der Waals surface area contributed by atoms with Gasteiger partial charge in [-0.3, -0.25) is 9.69 Å². The maximum Gasteiger partial charge on any atom is 0.244 e. The Balaban J connectivity index is 2.12. The number of hydrogen-bond acceptors (Lipinski definition) is 4. The average molecular weight is 319 g/mol. The molecule has 2 rings (SSSR count). The Morgan fingerprint density at radius 1 is 1.43 bits per heavy atom. The lowest BCUT2D eigenvalue weighted by Gasteiger charge is -2.36. The largest absolute Gasteiger partial charge is 0.393 e. The molecule has 5 nitrogen and oxygen atoms in total. The van der Waals surface area contributed by atoms with Gasteiger partial charge in [-0.2, -0.15) is 5.26 Å². The molecule has 1 N–H and O–H groups in total. The van der Waals surface area contributed by atoms with Crippen LogP contribution < -0.4 is 4.90 Å². The molecule has 1 amide bonds. The van der Waals surface area contributed by atoms with Crippen molar-refractivity contribution in [1.82, 2.24) is 4.90 Å². The second kappa shape index (κ2) is 8.04. The highest BCUT2D eigenvalue weighted by molar-refractivity contribution is 5.97. The molecule has 1 aromatic carbocycles. The fourth-order valence-electron chi connectivity index (χ4n) is 2.80. The van der Waals surface area contributed by atoms with Crippen LogP contribution in [-0.2, 0) is 4.79 Å². The predicted octanol–water partition coefficient (Wildman–Crippen LogP) is 1.92. The molecule has 6 heteroatoms. The van der Waals surface area contributed by atoms with E-state index in [0.29, 0.717) is 31.6 Å². The molecule has 1 aromatic rings. The van der Waals surface area contributed by atoms with Crippen molar-refractivity contribution in [2.75, 3.05) is 24.5 Å². The van der Waals surface area contributed by atoms with Crippen LogP contribution in [-0.4, -0.2) is 47.7 Å². The Morgan fingerprint density at radius 2 is 2.04 bits per heavy atom. The number of aliphatic hydroxyl groups excluding tert-OH is 1. The summed E-state index contributed by atoms with van der Waals surface area (Å²) in [6.45, 7) is 3.46. The van der Waals surface area contributed by atoms with Gasteiger partial charge in [0, 0.05) is 25.3 Å². The smallest absolute Gasteiger partial charge is 0.244 e. The molecule has 1 atom stereocenters. The van der Waals surface area contributed by atoms with E-state index in [1.54, 1.807) is 17.0 Å². The number of benzene rings is 1. The van der Waals surface area contributed by atoms with E-state index in [1.165, 1.54) is 12.1 Å². The van der Waals surface area contributed by atoms with Crippen molar-refractivity contribution in [3.05, 3.63) is 30.1 Å². The van der Waals surface area contributed by atoms with Crippen molar-refractivity contribution in [1.29, 1.82) is 5.26 Å². The van der Waals surface area contributed by atoms with Crippen molar-refractivity contribution in [3.8, 4) is 6.07 Å². The quantitative estimate of drug-likeness (QED) is 0.900. The summed E-state index contributed by atoms with van der Waals surface area (Å²) >= 11 is 0. The summed E-state index contributed by atoms with van der Waals surface area (Å²) < 4.78 is 13.1. The van der Waals surface area contributed by atoms with Crippen molar-refractivity contribution >= 4 is 11.6 Å². The van der Waals surface area contributed by atoms with Crippen LogP contribution in [0, 0.1) is 17.1 Å². The minimum Gasteiger partial charge on any atom is -0.393 e. The molecule has 1 saturated heterocycles. The molecule has 0 saturated carbocycles. The monoisotopic (exact) mass is 319 g/mol. The molecule has 1 unspecified atom stereocenters. The summed E-state index contributed by atoms with van der Waals surface area (Å²) in [6.07, 6.45) is 1.24.